The van der Waals surface area contributed by atoms with E-state index in [4.69, 9.17) is 14.2 Å². The normalized spacial score (nSPS) is 10.1. The topological polar surface area (TPSA) is 103 Å². The van der Waals surface area contributed by atoms with E-state index < -0.39 is 18.2 Å². The largest absolute Gasteiger partial charge is 0.449 e. The van der Waals surface area contributed by atoms with E-state index in [1.165, 1.54) is 18.2 Å². The summed E-state index contributed by atoms with van der Waals surface area (Å²) >= 11 is 0. The maximum Gasteiger partial charge on any atom is 0.411 e. The molecule has 2 aromatic carbocycles. The highest BCUT2D eigenvalue weighted by Crippen LogP contribution is 2.22. The maximum absolute atomic E-state index is 12.6. The SMILES string of the molecule is CCCCOC(=O)Nc1cc(NC(=O)OCCCC)cc(C(=O)Oc2ccccc2)c1. The molecule has 0 unspecified atom stereocenters. The van der Waals surface area contributed by atoms with Crippen molar-refractivity contribution in [3.05, 3.63) is 54.1 Å². The van der Waals surface area contributed by atoms with Gasteiger partial charge in [0.2, 0.25) is 0 Å². The number of carbonyl (C=O) groups is 3. The molecule has 2 amide bonds. The predicted octanol–water partition coefficient (Wildman–Crippen LogP) is 5.60. The highest BCUT2D eigenvalue weighted by atomic mass is 16.6. The molecule has 0 aromatic heterocycles. The van der Waals surface area contributed by atoms with Gasteiger partial charge in [0.25, 0.3) is 0 Å². The molecule has 0 aliphatic heterocycles. The summed E-state index contributed by atoms with van der Waals surface area (Å²) in [6, 6.07) is 13.0. The third-order valence-electron chi connectivity index (χ3n) is 4.08. The molecule has 0 spiro atoms. The number of ether oxygens (including phenoxy) is 3. The molecular weight excluding hydrogens is 400 g/mol. The van der Waals surface area contributed by atoms with Crippen LogP contribution in [0.15, 0.2) is 48.5 Å². The first-order valence-corrected chi connectivity index (χ1v) is 10.3. The van der Waals surface area contributed by atoms with Crippen LogP contribution >= 0.6 is 0 Å². The van der Waals surface area contributed by atoms with Crippen LogP contribution in [-0.2, 0) is 9.47 Å². The van der Waals surface area contributed by atoms with Crippen molar-refractivity contribution in [1.82, 2.24) is 0 Å². The van der Waals surface area contributed by atoms with Gasteiger partial charge < -0.3 is 14.2 Å². The van der Waals surface area contributed by atoms with E-state index in [-0.39, 0.29) is 30.2 Å². The van der Waals surface area contributed by atoms with Crippen LogP contribution in [0.3, 0.4) is 0 Å². The van der Waals surface area contributed by atoms with Crippen LogP contribution in [-0.4, -0.2) is 31.4 Å². The van der Waals surface area contributed by atoms with Gasteiger partial charge in [0.1, 0.15) is 5.75 Å². The second-order valence-corrected chi connectivity index (χ2v) is 6.73. The second kappa shape index (κ2) is 12.9. The summed E-state index contributed by atoms with van der Waals surface area (Å²) in [5.74, 6) is -0.269. The fourth-order valence-corrected chi connectivity index (χ4v) is 2.47. The standard InChI is InChI=1S/C23H28N2O6/c1-3-5-12-29-22(27)24-18-14-17(21(26)31-20-10-8-7-9-11-20)15-19(16-18)25-23(28)30-13-6-4-2/h7-11,14-16H,3-6,12-13H2,1-2H3,(H,24,27)(H,25,28). The van der Waals surface area contributed by atoms with E-state index in [9.17, 15) is 14.4 Å². The van der Waals surface area contributed by atoms with E-state index in [1.54, 1.807) is 30.3 Å². The number of anilines is 2. The van der Waals surface area contributed by atoms with Crippen molar-refractivity contribution in [1.29, 1.82) is 0 Å². The summed E-state index contributed by atoms with van der Waals surface area (Å²) in [6.45, 7) is 4.54. The zero-order valence-electron chi connectivity index (χ0n) is 17.8. The van der Waals surface area contributed by atoms with E-state index in [0.29, 0.717) is 5.75 Å². The Labute approximate surface area is 181 Å². The van der Waals surface area contributed by atoms with E-state index in [1.807, 2.05) is 13.8 Å². The number of hydrogen-bond donors (Lipinski definition) is 2. The quantitative estimate of drug-likeness (QED) is 0.290. The number of rotatable bonds is 10. The first-order valence-electron chi connectivity index (χ1n) is 10.3. The molecule has 2 rings (SSSR count). The monoisotopic (exact) mass is 428 g/mol. The fourth-order valence-electron chi connectivity index (χ4n) is 2.47. The number of benzene rings is 2. The maximum atomic E-state index is 12.6. The van der Waals surface area contributed by atoms with Gasteiger partial charge in [-0.05, 0) is 43.2 Å². The van der Waals surface area contributed by atoms with Gasteiger partial charge in [-0.15, -0.1) is 0 Å². The lowest BCUT2D eigenvalue weighted by Crippen LogP contribution is -2.18. The molecule has 8 heteroatoms. The average molecular weight is 428 g/mol. The zero-order valence-corrected chi connectivity index (χ0v) is 17.8. The third kappa shape index (κ3) is 8.77. The first kappa shape index (κ1) is 23.7. The van der Waals surface area contributed by atoms with Crippen LogP contribution in [0.1, 0.15) is 49.9 Å². The van der Waals surface area contributed by atoms with Gasteiger partial charge in [-0.1, -0.05) is 44.9 Å². The third-order valence-corrected chi connectivity index (χ3v) is 4.08. The highest BCUT2D eigenvalue weighted by molar-refractivity contribution is 5.97. The minimum absolute atomic E-state index is 0.138. The van der Waals surface area contributed by atoms with Gasteiger partial charge in [-0.3, -0.25) is 10.6 Å². The fraction of sp³-hybridized carbons (Fsp3) is 0.348. The Hall–Kier alpha value is -3.55. The van der Waals surface area contributed by atoms with Crippen molar-refractivity contribution >= 4 is 29.5 Å². The number of amides is 2. The molecule has 0 atom stereocenters. The smallest absolute Gasteiger partial charge is 0.411 e. The van der Waals surface area contributed by atoms with Gasteiger partial charge >= 0.3 is 18.2 Å². The molecular formula is C23H28N2O6. The molecule has 0 saturated heterocycles. The van der Waals surface area contributed by atoms with E-state index in [0.717, 1.165) is 25.7 Å². The lowest BCUT2D eigenvalue weighted by Gasteiger charge is -2.12. The molecule has 31 heavy (non-hydrogen) atoms. The van der Waals surface area contributed by atoms with Crippen molar-refractivity contribution < 1.29 is 28.6 Å². The van der Waals surface area contributed by atoms with Crippen LogP contribution < -0.4 is 15.4 Å². The Balaban J connectivity index is 2.16. The minimum atomic E-state index is -0.654. The van der Waals surface area contributed by atoms with Gasteiger partial charge in [0.15, 0.2) is 0 Å². The van der Waals surface area contributed by atoms with Gasteiger partial charge in [-0.2, -0.15) is 0 Å². The molecule has 2 N–H and O–H groups in total. The van der Waals surface area contributed by atoms with Crippen molar-refractivity contribution in [3.8, 4) is 5.75 Å². The highest BCUT2D eigenvalue weighted by Gasteiger charge is 2.15. The van der Waals surface area contributed by atoms with Gasteiger partial charge in [0, 0.05) is 11.4 Å². The number of nitrogens with one attached hydrogen (secondary N) is 2. The summed E-state index contributed by atoms with van der Waals surface area (Å²) in [7, 11) is 0. The molecule has 0 aliphatic rings. The van der Waals surface area contributed by atoms with Crippen molar-refractivity contribution in [2.24, 2.45) is 0 Å². The number of para-hydroxylation sites is 1. The Bertz CT molecular complexity index is 827. The van der Waals surface area contributed by atoms with Crippen molar-refractivity contribution in [3.63, 3.8) is 0 Å². The molecule has 0 radical (unpaired) electrons. The lowest BCUT2D eigenvalue weighted by molar-refractivity contribution is 0.0734. The average Bonchev–Trinajstić information content (AvgIpc) is 2.74. The van der Waals surface area contributed by atoms with Crippen LogP contribution in [0.5, 0.6) is 5.75 Å². The van der Waals surface area contributed by atoms with Crippen LogP contribution in [0.2, 0.25) is 0 Å². The second-order valence-electron chi connectivity index (χ2n) is 6.73. The summed E-state index contributed by atoms with van der Waals surface area (Å²) < 4.78 is 15.5. The van der Waals surface area contributed by atoms with Crippen molar-refractivity contribution in [2.45, 2.75) is 39.5 Å². The summed E-state index contributed by atoms with van der Waals surface area (Å²) in [5, 5.41) is 5.13. The molecule has 0 heterocycles. The van der Waals surface area contributed by atoms with Crippen LogP contribution in [0.25, 0.3) is 0 Å². The summed E-state index contributed by atoms with van der Waals surface area (Å²) in [6.07, 6.45) is 1.96. The molecule has 0 saturated carbocycles. The first-order chi connectivity index (χ1) is 15.0. The van der Waals surface area contributed by atoms with Crippen LogP contribution in [0.4, 0.5) is 21.0 Å². The molecule has 166 valence electrons. The van der Waals surface area contributed by atoms with Gasteiger partial charge in [0.05, 0.1) is 18.8 Å². The Morgan fingerprint density at radius 1 is 0.774 bits per heavy atom. The molecule has 0 aliphatic carbocycles. The summed E-state index contributed by atoms with van der Waals surface area (Å²) in [5.41, 5.74) is 0.680. The number of carbonyl (C=O) groups excluding carboxylic acids is 3. The number of unbranched alkanes of at least 4 members (excludes halogenated alkanes) is 2. The zero-order chi connectivity index (χ0) is 22.5. The van der Waals surface area contributed by atoms with Crippen molar-refractivity contribution in [2.75, 3.05) is 23.8 Å². The molecule has 0 fully saturated rings. The molecule has 2 aromatic rings. The number of hydrogen-bond acceptors (Lipinski definition) is 6. The Morgan fingerprint density at radius 3 is 1.77 bits per heavy atom. The minimum Gasteiger partial charge on any atom is -0.449 e. The predicted molar refractivity (Wildman–Crippen MR) is 118 cm³/mol. The van der Waals surface area contributed by atoms with E-state index >= 15 is 0 Å². The van der Waals surface area contributed by atoms with Crippen LogP contribution in [0, 0.1) is 0 Å². The van der Waals surface area contributed by atoms with Gasteiger partial charge in [-0.25, -0.2) is 14.4 Å². The lowest BCUT2D eigenvalue weighted by atomic mass is 10.1. The Morgan fingerprint density at radius 2 is 1.29 bits per heavy atom. The molecule has 0 bridgehead atoms. The van der Waals surface area contributed by atoms with E-state index in [2.05, 4.69) is 10.6 Å². The Kier molecular flexibility index (Phi) is 9.87. The number of esters is 1. The molecule has 8 nitrogen and oxygen atoms in total. The summed E-state index contributed by atoms with van der Waals surface area (Å²) in [4.78, 5) is 36.6.